The number of hydrogen-bond donors (Lipinski definition) is 1. The molecule has 0 amide bonds. The Hall–Kier alpha value is -0.900. The molecule has 2 N–H and O–H groups in total. The third-order valence-corrected chi connectivity index (χ3v) is 4.34. The van der Waals surface area contributed by atoms with Gasteiger partial charge in [-0.2, -0.15) is 0 Å². The van der Waals surface area contributed by atoms with Crippen LogP contribution in [0.1, 0.15) is 62.6 Å². The predicted octanol–water partition coefficient (Wildman–Crippen LogP) is 2.19. The summed E-state index contributed by atoms with van der Waals surface area (Å²) in [4.78, 5) is 0. The minimum atomic E-state index is 0.106. The van der Waals surface area contributed by atoms with Crippen LogP contribution in [-0.2, 0) is 13.0 Å². The van der Waals surface area contributed by atoms with Gasteiger partial charge in [0.1, 0.15) is 11.6 Å². The fourth-order valence-electron chi connectivity index (χ4n) is 3.28. The van der Waals surface area contributed by atoms with Crippen molar-refractivity contribution in [3.63, 3.8) is 0 Å². The minimum Gasteiger partial charge on any atom is -0.321 e. The molecule has 94 valence electrons. The van der Waals surface area contributed by atoms with E-state index >= 15 is 0 Å². The summed E-state index contributed by atoms with van der Waals surface area (Å²) in [5, 5.41) is 8.67. The van der Waals surface area contributed by atoms with Crippen molar-refractivity contribution in [1.82, 2.24) is 14.8 Å². The normalized spacial score (nSPS) is 23.4. The molecular weight excluding hydrogens is 212 g/mol. The summed E-state index contributed by atoms with van der Waals surface area (Å²) in [6.45, 7) is 1.07. The molecule has 4 nitrogen and oxygen atoms in total. The van der Waals surface area contributed by atoms with Gasteiger partial charge in [-0.25, -0.2) is 0 Å². The zero-order valence-electron chi connectivity index (χ0n) is 10.4. The Morgan fingerprint density at radius 2 is 1.88 bits per heavy atom. The lowest BCUT2D eigenvalue weighted by Crippen LogP contribution is -2.27. The molecule has 1 aromatic rings. The van der Waals surface area contributed by atoms with Gasteiger partial charge in [0.25, 0.3) is 0 Å². The van der Waals surface area contributed by atoms with E-state index in [0.717, 1.165) is 24.6 Å². The first-order chi connectivity index (χ1) is 8.36. The molecule has 1 atom stereocenters. The summed E-state index contributed by atoms with van der Waals surface area (Å²) in [6, 6.07) is 0.106. The van der Waals surface area contributed by atoms with Gasteiger partial charge in [-0.3, -0.25) is 0 Å². The number of nitrogens with zero attached hydrogens (tertiary/aromatic N) is 3. The first-order valence-electron chi connectivity index (χ1n) is 7.04. The SMILES string of the molecule is NC(c1nnc2n1CCCC2)C1CCCCC1. The van der Waals surface area contributed by atoms with Gasteiger partial charge in [0, 0.05) is 13.0 Å². The van der Waals surface area contributed by atoms with Crippen LogP contribution in [0.2, 0.25) is 0 Å². The molecule has 17 heavy (non-hydrogen) atoms. The van der Waals surface area contributed by atoms with E-state index in [-0.39, 0.29) is 6.04 Å². The van der Waals surface area contributed by atoms with Crippen LogP contribution in [0.25, 0.3) is 0 Å². The van der Waals surface area contributed by atoms with Crippen molar-refractivity contribution >= 4 is 0 Å². The Kier molecular flexibility index (Phi) is 3.14. The molecule has 1 aliphatic carbocycles. The maximum Gasteiger partial charge on any atom is 0.150 e. The fourth-order valence-corrected chi connectivity index (χ4v) is 3.28. The van der Waals surface area contributed by atoms with Crippen molar-refractivity contribution in [3.8, 4) is 0 Å². The van der Waals surface area contributed by atoms with E-state index in [1.807, 2.05) is 0 Å². The first-order valence-corrected chi connectivity index (χ1v) is 7.04. The van der Waals surface area contributed by atoms with Crippen LogP contribution < -0.4 is 5.73 Å². The summed E-state index contributed by atoms with van der Waals surface area (Å²) in [7, 11) is 0. The van der Waals surface area contributed by atoms with Crippen LogP contribution >= 0.6 is 0 Å². The highest BCUT2D eigenvalue weighted by molar-refractivity contribution is 5.04. The van der Waals surface area contributed by atoms with E-state index in [2.05, 4.69) is 14.8 Å². The lowest BCUT2D eigenvalue weighted by molar-refractivity contribution is 0.293. The maximum atomic E-state index is 6.41. The molecule has 1 aliphatic heterocycles. The molecule has 1 fully saturated rings. The van der Waals surface area contributed by atoms with E-state index < -0.39 is 0 Å². The van der Waals surface area contributed by atoms with E-state index in [9.17, 15) is 0 Å². The van der Waals surface area contributed by atoms with Crippen molar-refractivity contribution in [2.45, 2.75) is 64.0 Å². The molecule has 0 saturated heterocycles. The summed E-state index contributed by atoms with van der Waals surface area (Å²) in [5.41, 5.74) is 6.41. The van der Waals surface area contributed by atoms with Crippen molar-refractivity contribution in [1.29, 1.82) is 0 Å². The third-order valence-electron chi connectivity index (χ3n) is 4.34. The van der Waals surface area contributed by atoms with E-state index in [4.69, 9.17) is 5.73 Å². The first kappa shape index (κ1) is 11.2. The second-order valence-electron chi connectivity index (χ2n) is 5.51. The lowest BCUT2D eigenvalue weighted by atomic mass is 9.84. The predicted molar refractivity (Wildman–Crippen MR) is 66.5 cm³/mol. The van der Waals surface area contributed by atoms with Gasteiger partial charge in [-0.1, -0.05) is 19.3 Å². The molecule has 3 rings (SSSR count). The zero-order valence-corrected chi connectivity index (χ0v) is 10.4. The minimum absolute atomic E-state index is 0.106. The highest BCUT2D eigenvalue weighted by Gasteiger charge is 2.27. The third kappa shape index (κ3) is 2.10. The van der Waals surface area contributed by atoms with Crippen molar-refractivity contribution < 1.29 is 0 Å². The lowest BCUT2D eigenvalue weighted by Gasteiger charge is -2.27. The highest BCUT2D eigenvalue weighted by atomic mass is 15.3. The molecule has 2 aliphatic rings. The average Bonchev–Trinajstić information content (AvgIpc) is 2.83. The quantitative estimate of drug-likeness (QED) is 0.853. The van der Waals surface area contributed by atoms with Crippen LogP contribution in [0.4, 0.5) is 0 Å². The molecule has 1 aromatic heterocycles. The molecule has 2 heterocycles. The van der Waals surface area contributed by atoms with Crippen molar-refractivity contribution in [2.75, 3.05) is 0 Å². The van der Waals surface area contributed by atoms with Crippen LogP contribution in [0, 0.1) is 5.92 Å². The fraction of sp³-hybridized carbons (Fsp3) is 0.846. The molecule has 1 saturated carbocycles. The molecule has 0 bridgehead atoms. The van der Waals surface area contributed by atoms with Gasteiger partial charge >= 0.3 is 0 Å². The highest BCUT2D eigenvalue weighted by Crippen LogP contribution is 2.33. The molecule has 0 spiro atoms. The summed E-state index contributed by atoms with van der Waals surface area (Å²) < 4.78 is 2.28. The Bertz CT molecular complexity index is 379. The topological polar surface area (TPSA) is 56.7 Å². The Balaban J connectivity index is 1.80. The van der Waals surface area contributed by atoms with E-state index in [1.165, 1.54) is 44.9 Å². The van der Waals surface area contributed by atoms with Gasteiger partial charge in [-0.15, -0.1) is 10.2 Å². The number of aromatic nitrogens is 3. The monoisotopic (exact) mass is 234 g/mol. The summed E-state index contributed by atoms with van der Waals surface area (Å²) >= 11 is 0. The smallest absolute Gasteiger partial charge is 0.150 e. The molecule has 1 unspecified atom stereocenters. The van der Waals surface area contributed by atoms with Crippen LogP contribution in [0.3, 0.4) is 0 Å². The van der Waals surface area contributed by atoms with Crippen LogP contribution in [-0.4, -0.2) is 14.8 Å². The second kappa shape index (κ2) is 4.77. The number of nitrogens with two attached hydrogens (primary N) is 1. The number of hydrogen-bond acceptors (Lipinski definition) is 3. The van der Waals surface area contributed by atoms with Crippen molar-refractivity contribution in [2.24, 2.45) is 11.7 Å². The summed E-state index contributed by atoms with van der Waals surface area (Å²) in [6.07, 6.45) is 10.1. The van der Waals surface area contributed by atoms with Gasteiger partial charge in [0.05, 0.1) is 6.04 Å². The second-order valence-corrected chi connectivity index (χ2v) is 5.51. The standard InChI is InChI=1S/C13H22N4/c14-12(10-6-2-1-3-7-10)13-16-15-11-8-4-5-9-17(11)13/h10,12H,1-9,14H2. The average molecular weight is 234 g/mol. The largest absolute Gasteiger partial charge is 0.321 e. The molecule has 4 heteroatoms. The van der Waals surface area contributed by atoms with Gasteiger partial charge in [-0.05, 0) is 31.6 Å². The number of fused-ring (bicyclic) bond motifs is 1. The Morgan fingerprint density at radius 1 is 1.06 bits per heavy atom. The van der Waals surface area contributed by atoms with Gasteiger partial charge in [0.15, 0.2) is 0 Å². The summed E-state index contributed by atoms with van der Waals surface area (Å²) in [5.74, 6) is 2.82. The maximum absolute atomic E-state index is 6.41. The molecule has 0 radical (unpaired) electrons. The van der Waals surface area contributed by atoms with E-state index in [1.54, 1.807) is 0 Å². The zero-order chi connectivity index (χ0) is 11.7. The number of aryl methyl sites for hydroxylation is 1. The molecular formula is C13H22N4. The van der Waals surface area contributed by atoms with E-state index in [0.29, 0.717) is 5.92 Å². The Labute approximate surface area is 103 Å². The molecule has 0 aromatic carbocycles. The van der Waals surface area contributed by atoms with Gasteiger partial charge < -0.3 is 10.3 Å². The van der Waals surface area contributed by atoms with Crippen molar-refractivity contribution in [3.05, 3.63) is 11.6 Å². The van der Waals surface area contributed by atoms with Gasteiger partial charge in [0.2, 0.25) is 0 Å². The Morgan fingerprint density at radius 3 is 2.71 bits per heavy atom. The van der Waals surface area contributed by atoms with Crippen LogP contribution in [0.5, 0.6) is 0 Å². The van der Waals surface area contributed by atoms with Crippen LogP contribution in [0.15, 0.2) is 0 Å². The number of rotatable bonds is 2.